The number of ether oxygens (including phenoxy) is 1. The number of nitrogen functional groups attached to an aromatic ring is 1. The maximum absolute atomic E-state index is 14.5. The predicted molar refractivity (Wildman–Crippen MR) is 138 cm³/mol. The molecule has 5 rings (SSSR count). The molecular formula is C26H19F6N5O4S. The van der Waals surface area contributed by atoms with Gasteiger partial charge in [0.05, 0.1) is 22.5 Å². The largest absolute Gasteiger partial charge is 0.489 e. The summed E-state index contributed by atoms with van der Waals surface area (Å²) in [6, 6.07) is 8.56. The summed E-state index contributed by atoms with van der Waals surface area (Å²) in [5.41, 5.74) is 1.89. The number of carbonyl (C=O) groups is 2. The number of primary amides is 1. The molecule has 2 atom stereocenters. The van der Waals surface area contributed by atoms with Crippen LogP contribution in [0, 0.1) is 5.82 Å². The van der Waals surface area contributed by atoms with E-state index in [4.69, 9.17) is 16.2 Å². The van der Waals surface area contributed by atoms with Gasteiger partial charge in [-0.1, -0.05) is 11.3 Å². The summed E-state index contributed by atoms with van der Waals surface area (Å²) < 4.78 is 91.6. The number of nitrogens with two attached hydrogens (primary N) is 2. The number of hydrogen-bond donors (Lipinski definition) is 4. The lowest BCUT2D eigenvalue weighted by Crippen LogP contribution is -2.52. The van der Waals surface area contributed by atoms with Gasteiger partial charge in [0.2, 0.25) is 11.5 Å². The molecule has 16 heteroatoms. The molecule has 0 saturated heterocycles. The first-order chi connectivity index (χ1) is 19.7. The van der Waals surface area contributed by atoms with Gasteiger partial charge in [0.1, 0.15) is 23.9 Å². The Bertz CT molecular complexity index is 1710. The van der Waals surface area contributed by atoms with Gasteiger partial charge in [0.15, 0.2) is 10.5 Å². The number of hydrogen-bond acceptors (Lipinski definition) is 8. The number of fused-ring (bicyclic) bond motifs is 2. The second-order valence-electron chi connectivity index (χ2n) is 9.44. The van der Waals surface area contributed by atoms with Crippen LogP contribution in [0.2, 0.25) is 0 Å². The Morgan fingerprint density at radius 2 is 1.81 bits per heavy atom. The molecule has 220 valence electrons. The van der Waals surface area contributed by atoms with E-state index in [1.165, 1.54) is 18.2 Å². The van der Waals surface area contributed by atoms with Crippen LogP contribution in [0.25, 0.3) is 21.5 Å². The monoisotopic (exact) mass is 611 g/mol. The molecule has 1 aliphatic heterocycles. The Morgan fingerprint density at radius 1 is 1.12 bits per heavy atom. The van der Waals surface area contributed by atoms with Crippen LogP contribution in [0.3, 0.4) is 0 Å². The number of anilines is 1. The summed E-state index contributed by atoms with van der Waals surface area (Å²) in [5, 5.41) is 13.3. The average Bonchev–Trinajstić information content (AvgIpc) is 3.51. The van der Waals surface area contributed by atoms with E-state index in [1.807, 2.05) is 5.32 Å². The number of rotatable bonds is 7. The van der Waals surface area contributed by atoms with E-state index in [0.29, 0.717) is 16.3 Å². The number of aromatic nitrogens is 2. The van der Waals surface area contributed by atoms with Gasteiger partial charge in [0, 0.05) is 16.7 Å². The molecule has 0 fully saturated rings. The molecule has 0 radical (unpaired) electrons. The highest BCUT2D eigenvalue weighted by molar-refractivity contribution is 7.22. The van der Waals surface area contributed by atoms with Crippen LogP contribution in [0.1, 0.15) is 21.6 Å². The van der Waals surface area contributed by atoms with Crippen molar-refractivity contribution < 1.29 is 45.8 Å². The van der Waals surface area contributed by atoms with Crippen LogP contribution in [-0.4, -0.2) is 52.6 Å². The van der Waals surface area contributed by atoms with Gasteiger partial charge in [-0.3, -0.25) is 9.59 Å². The minimum atomic E-state index is -5.53. The molecule has 2 aromatic heterocycles. The lowest BCUT2D eigenvalue weighted by atomic mass is 9.80. The maximum atomic E-state index is 14.5. The first-order valence-corrected chi connectivity index (χ1v) is 12.7. The summed E-state index contributed by atoms with van der Waals surface area (Å²) in [5.74, 6) is -3.83. The van der Waals surface area contributed by atoms with E-state index in [-0.39, 0.29) is 16.3 Å². The van der Waals surface area contributed by atoms with Crippen molar-refractivity contribution in [3.8, 4) is 17.0 Å². The number of pyridine rings is 1. The quantitative estimate of drug-likeness (QED) is 0.233. The summed E-state index contributed by atoms with van der Waals surface area (Å²) in [7, 11) is 0. The second kappa shape index (κ2) is 10.1. The first-order valence-electron chi connectivity index (χ1n) is 11.9. The van der Waals surface area contributed by atoms with Gasteiger partial charge in [-0.05, 0) is 48.5 Å². The summed E-state index contributed by atoms with van der Waals surface area (Å²) in [6.07, 6.45) is -9.06. The molecule has 3 heterocycles. The Labute approximate surface area is 236 Å². The molecular weight excluding hydrogens is 592 g/mol. The smallest absolute Gasteiger partial charge is 0.424 e. The third-order valence-electron chi connectivity index (χ3n) is 6.89. The van der Waals surface area contributed by atoms with Crippen LogP contribution < -0.4 is 21.5 Å². The van der Waals surface area contributed by atoms with E-state index in [0.717, 1.165) is 35.6 Å². The molecule has 0 bridgehead atoms. The van der Waals surface area contributed by atoms with Gasteiger partial charge >= 0.3 is 6.18 Å². The fraction of sp³-hybridized carbons (Fsp3) is 0.231. The van der Waals surface area contributed by atoms with Crippen molar-refractivity contribution >= 4 is 38.5 Å². The molecule has 1 unspecified atom stereocenters. The van der Waals surface area contributed by atoms with E-state index in [2.05, 4.69) is 9.97 Å². The number of halogens is 6. The van der Waals surface area contributed by atoms with Gasteiger partial charge in [-0.15, -0.1) is 0 Å². The van der Waals surface area contributed by atoms with Crippen LogP contribution in [0.15, 0.2) is 48.5 Å². The number of amides is 2. The molecule has 6 N–H and O–H groups in total. The predicted octanol–water partition coefficient (Wildman–Crippen LogP) is 3.64. The van der Waals surface area contributed by atoms with Crippen LogP contribution in [0.5, 0.6) is 5.75 Å². The Kier molecular flexibility index (Phi) is 7.01. The van der Waals surface area contributed by atoms with Crippen molar-refractivity contribution in [1.82, 2.24) is 15.3 Å². The van der Waals surface area contributed by atoms with Gasteiger partial charge < -0.3 is 26.6 Å². The number of benzene rings is 2. The van der Waals surface area contributed by atoms with E-state index in [1.54, 1.807) is 0 Å². The van der Waals surface area contributed by atoms with Crippen molar-refractivity contribution in [2.24, 2.45) is 5.73 Å². The minimum Gasteiger partial charge on any atom is -0.489 e. The topological polar surface area (TPSA) is 153 Å². The van der Waals surface area contributed by atoms with Crippen LogP contribution in [0.4, 0.5) is 31.5 Å². The molecule has 42 heavy (non-hydrogen) atoms. The zero-order valence-corrected chi connectivity index (χ0v) is 21.8. The number of nitrogens with zero attached hydrogens (tertiary/aromatic N) is 2. The zero-order chi connectivity index (χ0) is 30.6. The summed E-state index contributed by atoms with van der Waals surface area (Å²) in [6.45, 7) is -2.54. The lowest BCUT2D eigenvalue weighted by Gasteiger charge is -2.32. The average molecular weight is 612 g/mol. The van der Waals surface area contributed by atoms with Gasteiger partial charge in [0.25, 0.3) is 12.3 Å². The Morgan fingerprint density at radius 3 is 2.43 bits per heavy atom. The molecule has 4 aromatic rings. The van der Waals surface area contributed by atoms with E-state index >= 15 is 0 Å². The molecule has 0 saturated carbocycles. The van der Waals surface area contributed by atoms with Crippen molar-refractivity contribution in [1.29, 1.82) is 0 Å². The summed E-state index contributed by atoms with van der Waals surface area (Å²) >= 11 is 1.04. The molecule has 0 aliphatic carbocycles. The van der Waals surface area contributed by atoms with Gasteiger partial charge in [-0.25, -0.2) is 23.1 Å². The molecule has 2 aromatic carbocycles. The maximum Gasteiger partial charge on any atom is 0.424 e. The van der Waals surface area contributed by atoms with Crippen molar-refractivity contribution in [2.75, 3.05) is 18.9 Å². The number of carbonyl (C=O) groups excluding carboxylic acids is 2. The minimum absolute atomic E-state index is 0.0743. The molecule has 1 aliphatic rings. The van der Waals surface area contributed by atoms with Crippen LogP contribution in [-0.2, 0) is 15.8 Å². The first kappa shape index (κ1) is 29.1. The standard InChI is InChI=1S/C26H19F6N5O4S/c27-13-4-1-11(2-5-13)18-19-14(24(10-41-19,21(28)29)22(33)39)8-17(37-18)25(40,26(30,31)32)9-35-20(38)12-3-6-15-16(7-12)42-23(34)36-15/h1-8,21,40H,9-10H2,(H2,33,39)(H2,34,36)(H,35,38)/t24-,25?/m0/s1. The number of thiazole rings is 1. The van der Waals surface area contributed by atoms with Crippen LogP contribution >= 0.6 is 11.3 Å². The normalized spacial score (nSPS) is 18.0. The lowest BCUT2D eigenvalue weighted by molar-refractivity contribution is -0.265. The second-order valence-corrected chi connectivity index (χ2v) is 10.5. The molecule has 9 nitrogen and oxygen atoms in total. The highest BCUT2D eigenvalue weighted by atomic mass is 32.1. The number of nitrogens with one attached hydrogen (secondary N) is 1. The van der Waals surface area contributed by atoms with Crippen molar-refractivity contribution in [2.45, 2.75) is 23.6 Å². The molecule has 0 spiro atoms. The van der Waals surface area contributed by atoms with E-state index < -0.39 is 77.1 Å². The number of aliphatic hydroxyl groups is 1. The van der Waals surface area contributed by atoms with Crippen molar-refractivity contribution in [3.63, 3.8) is 0 Å². The van der Waals surface area contributed by atoms with Crippen molar-refractivity contribution in [3.05, 3.63) is 71.2 Å². The fourth-order valence-electron chi connectivity index (χ4n) is 4.51. The Hall–Kier alpha value is -4.44. The highest BCUT2D eigenvalue weighted by Crippen LogP contribution is 2.49. The SMILES string of the molecule is NC(=O)[C@@]1(C(F)F)COc2c1cc(C(O)(CNC(=O)c1ccc3nc(N)sc3c1)C(F)(F)F)nc2-c1ccc(F)cc1. The van der Waals surface area contributed by atoms with Gasteiger partial charge in [-0.2, -0.15) is 13.2 Å². The number of alkyl halides is 5. The molecule has 2 amide bonds. The fourth-order valence-corrected chi connectivity index (χ4v) is 5.29. The third-order valence-corrected chi connectivity index (χ3v) is 7.74. The highest BCUT2D eigenvalue weighted by Gasteiger charge is 2.59. The summed E-state index contributed by atoms with van der Waals surface area (Å²) in [4.78, 5) is 33.0. The van der Waals surface area contributed by atoms with E-state index in [9.17, 15) is 41.0 Å². The zero-order valence-electron chi connectivity index (χ0n) is 21.0. The third kappa shape index (κ3) is 4.65. The Balaban J connectivity index is 1.62.